The van der Waals surface area contributed by atoms with Gasteiger partial charge in [-0.3, -0.25) is 0 Å². The molecule has 0 aliphatic heterocycles. The molecular formula is C12H21N5O. The molecule has 1 fully saturated rings. The molecule has 0 saturated heterocycles. The van der Waals surface area contributed by atoms with Gasteiger partial charge in [0.05, 0.1) is 6.61 Å². The lowest BCUT2D eigenvalue weighted by molar-refractivity contribution is 0.292. The average molecular weight is 251 g/mol. The first-order chi connectivity index (χ1) is 8.78. The predicted molar refractivity (Wildman–Crippen MR) is 70.5 cm³/mol. The number of aromatic nitrogens is 3. The number of hydrogen-bond acceptors (Lipinski definition) is 6. The Bertz CT molecular complexity index is 381. The molecule has 3 N–H and O–H groups in total. The molecular weight excluding hydrogens is 230 g/mol. The summed E-state index contributed by atoms with van der Waals surface area (Å²) >= 11 is 0. The van der Waals surface area contributed by atoms with E-state index in [0.717, 1.165) is 25.3 Å². The van der Waals surface area contributed by atoms with Gasteiger partial charge in [-0.25, -0.2) is 0 Å². The van der Waals surface area contributed by atoms with Gasteiger partial charge in [0.25, 0.3) is 0 Å². The quantitative estimate of drug-likeness (QED) is 0.769. The number of nitrogen functional groups attached to an aromatic ring is 1. The van der Waals surface area contributed by atoms with E-state index in [1.807, 2.05) is 6.92 Å². The molecule has 1 heterocycles. The predicted octanol–water partition coefficient (Wildman–Crippen LogP) is 1.84. The number of rotatable bonds is 7. The second-order valence-electron chi connectivity index (χ2n) is 4.66. The van der Waals surface area contributed by atoms with Crippen LogP contribution < -0.4 is 15.8 Å². The molecule has 1 aliphatic rings. The van der Waals surface area contributed by atoms with Gasteiger partial charge < -0.3 is 15.8 Å². The molecule has 100 valence electrons. The minimum absolute atomic E-state index is 0.197. The van der Waals surface area contributed by atoms with Crippen molar-refractivity contribution >= 4 is 11.9 Å². The minimum Gasteiger partial charge on any atom is -0.463 e. The number of hydrogen-bond donors (Lipinski definition) is 2. The summed E-state index contributed by atoms with van der Waals surface area (Å²) < 4.78 is 5.35. The van der Waals surface area contributed by atoms with E-state index in [9.17, 15) is 0 Å². The van der Waals surface area contributed by atoms with E-state index in [2.05, 4.69) is 20.3 Å². The lowest BCUT2D eigenvalue weighted by Gasteiger charge is -2.25. The van der Waals surface area contributed by atoms with Gasteiger partial charge in [0.2, 0.25) is 11.9 Å². The van der Waals surface area contributed by atoms with Crippen LogP contribution in [0.15, 0.2) is 0 Å². The molecule has 18 heavy (non-hydrogen) atoms. The van der Waals surface area contributed by atoms with E-state index in [0.29, 0.717) is 18.6 Å². The van der Waals surface area contributed by atoms with Crippen LogP contribution in [-0.2, 0) is 0 Å². The summed E-state index contributed by atoms with van der Waals surface area (Å²) in [6, 6.07) is 0.301. The Kier molecular flexibility index (Phi) is 4.55. The largest absolute Gasteiger partial charge is 0.463 e. The lowest BCUT2D eigenvalue weighted by Crippen LogP contribution is -2.17. The third-order valence-corrected chi connectivity index (χ3v) is 3.13. The van der Waals surface area contributed by atoms with Crippen molar-refractivity contribution in [3.8, 4) is 6.01 Å². The van der Waals surface area contributed by atoms with Crippen molar-refractivity contribution in [3.63, 3.8) is 0 Å². The van der Waals surface area contributed by atoms with E-state index in [4.69, 9.17) is 10.5 Å². The van der Waals surface area contributed by atoms with Gasteiger partial charge in [-0.05, 0) is 18.8 Å². The van der Waals surface area contributed by atoms with Gasteiger partial charge in [-0.1, -0.05) is 26.2 Å². The highest BCUT2D eigenvalue weighted by molar-refractivity contribution is 5.32. The van der Waals surface area contributed by atoms with Gasteiger partial charge >= 0.3 is 6.01 Å². The van der Waals surface area contributed by atoms with Crippen molar-refractivity contribution < 1.29 is 4.74 Å². The fraction of sp³-hybridized carbons (Fsp3) is 0.750. The molecule has 1 aromatic rings. The monoisotopic (exact) mass is 251 g/mol. The van der Waals surface area contributed by atoms with Crippen LogP contribution in [0.2, 0.25) is 0 Å². The van der Waals surface area contributed by atoms with Crippen LogP contribution in [0.4, 0.5) is 11.9 Å². The number of anilines is 2. The standard InChI is InChI=1S/C12H21N5O/c1-2-8-18-12-16-10(13)15-11(17-12)14-7-6-9-4-3-5-9/h9H,2-8H2,1H3,(H3,13,14,15,16,17). The Morgan fingerprint density at radius 1 is 1.33 bits per heavy atom. The molecule has 0 aromatic carbocycles. The summed E-state index contributed by atoms with van der Waals surface area (Å²) in [6.45, 7) is 3.49. The number of ether oxygens (including phenoxy) is 1. The molecule has 0 bridgehead atoms. The first-order valence-corrected chi connectivity index (χ1v) is 6.66. The second kappa shape index (κ2) is 6.37. The first-order valence-electron chi connectivity index (χ1n) is 6.66. The maximum absolute atomic E-state index is 5.62. The summed E-state index contributed by atoms with van der Waals surface area (Å²) in [7, 11) is 0. The van der Waals surface area contributed by atoms with Gasteiger partial charge in [-0.2, -0.15) is 15.0 Å². The Morgan fingerprint density at radius 3 is 2.83 bits per heavy atom. The van der Waals surface area contributed by atoms with E-state index >= 15 is 0 Å². The third kappa shape index (κ3) is 3.72. The van der Waals surface area contributed by atoms with Gasteiger partial charge in [-0.15, -0.1) is 0 Å². The zero-order valence-corrected chi connectivity index (χ0v) is 10.9. The molecule has 2 rings (SSSR count). The summed E-state index contributed by atoms with van der Waals surface area (Å²) in [4.78, 5) is 12.2. The second-order valence-corrected chi connectivity index (χ2v) is 4.66. The van der Waals surface area contributed by atoms with Crippen LogP contribution in [0.3, 0.4) is 0 Å². The Balaban J connectivity index is 1.83. The summed E-state index contributed by atoms with van der Waals surface area (Å²) in [5.41, 5.74) is 5.62. The maximum Gasteiger partial charge on any atom is 0.323 e. The third-order valence-electron chi connectivity index (χ3n) is 3.13. The van der Waals surface area contributed by atoms with Crippen molar-refractivity contribution in [2.24, 2.45) is 5.92 Å². The van der Waals surface area contributed by atoms with Crippen LogP contribution in [0.5, 0.6) is 6.01 Å². The maximum atomic E-state index is 5.62. The molecule has 0 unspecified atom stereocenters. The zero-order valence-electron chi connectivity index (χ0n) is 10.9. The fourth-order valence-corrected chi connectivity index (χ4v) is 1.88. The number of nitrogens with zero attached hydrogens (tertiary/aromatic N) is 3. The highest BCUT2D eigenvalue weighted by Gasteiger charge is 2.16. The van der Waals surface area contributed by atoms with E-state index < -0.39 is 0 Å². The lowest BCUT2D eigenvalue weighted by atomic mass is 9.83. The summed E-state index contributed by atoms with van der Waals surface area (Å²) in [5, 5.41) is 3.18. The molecule has 1 aromatic heterocycles. The van der Waals surface area contributed by atoms with E-state index in [1.165, 1.54) is 19.3 Å². The van der Waals surface area contributed by atoms with E-state index in [1.54, 1.807) is 0 Å². The molecule has 0 amide bonds. The Labute approximate surface area is 107 Å². The Morgan fingerprint density at radius 2 is 2.17 bits per heavy atom. The van der Waals surface area contributed by atoms with Crippen molar-refractivity contribution in [3.05, 3.63) is 0 Å². The molecule has 6 nitrogen and oxygen atoms in total. The first kappa shape index (κ1) is 12.9. The Hall–Kier alpha value is -1.59. The summed E-state index contributed by atoms with van der Waals surface area (Å²) in [6.07, 6.45) is 6.16. The highest BCUT2D eigenvalue weighted by atomic mass is 16.5. The highest BCUT2D eigenvalue weighted by Crippen LogP contribution is 2.29. The smallest absolute Gasteiger partial charge is 0.323 e. The van der Waals surface area contributed by atoms with Crippen LogP contribution >= 0.6 is 0 Å². The van der Waals surface area contributed by atoms with Crippen LogP contribution in [0, 0.1) is 5.92 Å². The van der Waals surface area contributed by atoms with Crippen molar-refractivity contribution in [1.82, 2.24) is 15.0 Å². The summed E-state index contributed by atoms with van der Waals surface area (Å²) in [5.74, 6) is 1.57. The molecule has 6 heteroatoms. The topological polar surface area (TPSA) is 86.0 Å². The van der Waals surface area contributed by atoms with Crippen molar-refractivity contribution in [1.29, 1.82) is 0 Å². The van der Waals surface area contributed by atoms with Gasteiger partial charge in [0, 0.05) is 6.54 Å². The molecule has 0 spiro atoms. The van der Waals surface area contributed by atoms with Crippen LogP contribution in [0.25, 0.3) is 0 Å². The molecule has 1 saturated carbocycles. The normalized spacial score (nSPS) is 15.2. The zero-order chi connectivity index (χ0) is 12.8. The molecule has 0 radical (unpaired) electrons. The average Bonchev–Trinajstić information content (AvgIpc) is 2.29. The van der Waals surface area contributed by atoms with Crippen LogP contribution in [-0.4, -0.2) is 28.1 Å². The van der Waals surface area contributed by atoms with E-state index in [-0.39, 0.29) is 5.95 Å². The fourth-order valence-electron chi connectivity index (χ4n) is 1.88. The van der Waals surface area contributed by atoms with Crippen molar-refractivity contribution in [2.75, 3.05) is 24.2 Å². The number of nitrogens with one attached hydrogen (secondary N) is 1. The SMILES string of the molecule is CCCOc1nc(N)nc(NCCC2CCC2)n1. The van der Waals surface area contributed by atoms with Crippen LogP contribution in [0.1, 0.15) is 39.0 Å². The van der Waals surface area contributed by atoms with Gasteiger partial charge in [0.15, 0.2) is 0 Å². The van der Waals surface area contributed by atoms with Crippen molar-refractivity contribution in [2.45, 2.75) is 39.0 Å². The molecule has 1 aliphatic carbocycles. The number of nitrogens with two attached hydrogens (primary N) is 1. The van der Waals surface area contributed by atoms with Gasteiger partial charge in [0.1, 0.15) is 0 Å². The molecule has 0 atom stereocenters. The minimum atomic E-state index is 0.197.